The summed E-state index contributed by atoms with van der Waals surface area (Å²) in [5.41, 5.74) is 6.79. The van der Waals surface area contributed by atoms with E-state index < -0.39 is 0 Å². The number of carbonyl (C=O) groups excluding carboxylic acids is 1. The van der Waals surface area contributed by atoms with Gasteiger partial charge in [-0.1, -0.05) is 30.3 Å². The molecule has 8 heteroatoms. The number of imidazole rings is 1. The lowest BCUT2D eigenvalue weighted by atomic mass is 9.90. The van der Waals surface area contributed by atoms with Crippen LogP contribution in [0.3, 0.4) is 0 Å². The molecule has 3 aromatic heterocycles. The number of amides is 1. The zero-order valence-corrected chi connectivity index (χ0v) is 21.4. The molecule has 2 N–H and O–H groups in total. The van der Waals surface area contributed by atoms with Crippen molar-refractivity contribution in [2.45, 2.75) is 58.7 Å². The van der Waals surface area contributed by atoms with E-state index in [0.717, 1.165) is 43.7 Å². The largest absolute Gasteiger partial charge is 0.349 e. The van der Waals surface area contributed by atoms with Crippen molar-refractivity contribution >= 4 is 5.91 Å². The fraction of sp³-hybridized carbons (Fsp3) is 0.345. The number of hydrogen-bond acceptors (Lipinski definition) is 6. The minimum atomic E-state index is -0.146. The molecule has 1 unspecified atom stereocenters. The Morgan fingerprint density at radius 3 is 2.57 bits per heavy atom. The third kappa shape index (κ3) is 5.91. The average molecular weight is 496 g/mol. The van der Waals surface area contributed by atoms with Crippen LogP contribution in [0.1, 0.15) is 68.8 Å². The van der Waals surface area contributed by atoms with Gasteiger partial charge in [-0.25, -0.2) is 15.0 Å². The van der Waals surface area contributed by atoms with Crippen LogP contribution in [0.15, 0.2) is 61.3 Å². The van der Waals surface area contributed by atoms with E-state index in [1.807, 2.05) is 38.5 Å². The highest BCUT2D eigenvalue weighted by Gasteiger charge is 2.27. The normalized spacial score (nSPS) is 14.9. The molecule has 0 bridgehead atoms. The molecule has 0 fully saturated rings. The summed E-state index contributed by atoms with van der Waals surface area (Å²) in [5.74, 6) is 0.856. The van der Waals surface area contributed by atoms with Gasteiger partial charge in [-0.2, -0.15) is 0 Å². The first-order valence-electron chi connectivity index (χ1n) is 12.9. The van der Waals surface area contributed by atoms with Gasteiger partial charge >= 0.3 is 0 Å². The summed E-state index contributed by atoms with van der Waals surface area (Å²) < 4.78 is 0. The molecule has 0 spiro atoms. The molecule has 3 heterocycles. The molecule has 0 aliphatic heterocycles. The Morgan fingerprint density at radius 2 is 1.81 bits per heavy atom. The fourth-order valence-corrected chi connectivity index (χ4v) is 5.16. The number of hydrogen-bond donors (Lipinski definition) is 2. The minimum absolute atomic E-state index is 0.146. The van der Waals surface area contributed by atoms with Crippen molar-refractivity contribution in [2.24, 2.45) is 0 Å². The van der Waals surface area contributed by atoms with Gasteiger partial charge in [0.15, 0.2) is 0 Å². The Labute approximate surface area is 217 Å². The molecular weight excluding hydrogens is 462 g/mol. The van der Waals surface area contributed by atoms with E-state index in [9.17, 15) is 4.79 Å². The van der Waals surface area contributed by atoms with E-state index in [1.54, 1.807) is 0 Å². The number of aromatic amines is 1. The van der Waals surface area contributed by atoms with Crippen molar-refractivity contribution in [3.05, 3.63) is 106 Å². The van der Waals surface area contributed by atoms with Crippen LogP contribution in [-0.4, -0.2) is 42.3 Å². The number of fused-ring (bicyclic) bond motifs is 1. The van der Waals surface area contributed by atoms with Crippen LogP contribution in [0.25, 0.3) is 0 Å². The standard InChI is InChI=1S/C29H33N7O/c1-20-27(21(2)35-19-34-20)29(37)33-17-22-8-10-23(11-9-22)18-36(16-12-26-30-14-15-31-26)25-7-3-5-24-6-4-13-32-28(24)25/h4,6,8-11,13-15,19,25H,3,5,7,12,16-18H2,1-2H3,(H,30,31)(H,33,37). The zero-order valence-electron chi connectivity index (χ0n) is 21.4. The molecule has 0 saturated carbocycles. The van der Waals surface area contributed by atoms with Gasteiger partial charge in [-0.15, -0.1) is 0 Å². The van der Waals surface area contributed by atoms with Crippen molar-refractivity contribution in [3.8, 4) is 0 Å². The Bertz CT molecular complexity index is 1310. The highest BCUT2D eigenvalue weighted by Crippen LogP contribution is 2.33. The molecular formula is C29H33N7O. The summed E-state index contributed by atoms with van der Waals surface area (Å²) in [6.07, 6.45) is 11.3. The lowest BCUT2D eigenvalue weighted by Gasteiger charge is -2.35. The number of rotatable bonds is 9. The fourth-order valence-electron chi connectivity index (χ4n) is 5.16. The highest BCUT2D eigenvalue weighted by molar-refractivity contribution is 5.96. The number of carbonyl (C=O) groups is 1. The van der Waals surface area contributed by atoms with Crippen molar-refractivity contribution in [1.82, 2.24) is 35.1 Å². The minimum Gasteiger partial charge on any atom is -0.349 e. The summed E-state index contributed by atoms with van der Waals surface area (Å²) in [6, 6.07) is 13.0. The topological polar surface area (TPSA) is 99.7 Å². The van der Waals surface area contributed by atoms with Crippen LogP contribution < -0.4 is 5.32 Å². The molecule has 8 nitrogen and oxygen atoms in total. The van der Waals surface area contributed by atoms with E-state index in [2.05, 4.69) is 60.5 Å². The van der Waals surface area contributed by atoms with Gasteiger partial charge in [-0.05, 0) is 55.9 Å². The number of aryl methyl sites for hydroxylation is 3. The number of nitrogens with zero attached hydrogens (tertiary/aromatic N) is 5. The first kappa shape index (κ1) is 24.8. The summed E-state index contributed by atoms with van der Waals surface area (Å²) in [6.45, 7) is 5.83. The Morgan fingerprint density at radius 1 is 1.03 bits per heavy atom. The molecule has 190 valence electrons. The first-order chi connectivity index (χ1) is 18.1. The first-order valence-corrected chi connectivity index (χ1v) is 12.9. The second-order valence-corrected chi connectivity index (χ2v) is 9.63. The van der Waals surface area contributed by atoms with Crippen molar-refractivity contribution in [1.29, 1.82) is 0 Å². The summed E-state index contributed by atoms with van der Waals surface area (Å²) in [4.78, 5) is 36.0. The van der Waals surface area contributed by atoms with Gasteiger partial charge in [0.05, 0.1) is 28.7 Å². The predicted molar refractivity (Wildman–Crippen MR) is 142 cm³/mol. The van der Waals surface area contributed by atoms with Gasteiger partial charge in [0.2, 0.25) is 0 Å². The lowest BCUT2D eigenvalue weighted by molar-refractivity contribution is 0.0948. The third-order valence-corrected chi connectivity index (χ3v) is 7.11. The zero-order chi connectivity index (χ0) is 25.6. The summed E-state index contributed by atoms with van der Waals surface area (Å²) >= 11 is 0. The third-order valence-electron chi connectivity index (χ3n) is 7.11. The van der Waals surface area contributed by atoms with E-state index in [1.165, 1.54) is 29.6 Å². The van der Waals surface area contributed by atoms with Crippen molar-refractivity contribution < 1.29 is 4.79 Å². The van der Waals surface area contributed by atoms with Gasteiger partial charge in [0.25, 0.3) is 5.91 Å². The van der Waals surface area contributed by atoms with E-state index in [4.69, 9.17) is 4.98 Å². The second-order valence-electron chi connectivity index (χ2n) is 9.63. The SMILES string of the molecule is Cc1ncnc(C)c1C(=O)NCc1ccc(CN(CCc2ncc[nH]2)C2CCCc3cccnc32)cc1. The summed E-state index contributed by atoms with van der Waals surface area (Å²) in [5, 5.41) is 3.01. The molecule has 37 heavy (non-hydrogen) atoms. The molecule has 1 aliphatic rings. The molecule has 4 aromatic rings. The molecule has 1 atom stereocenters. The van der Waals surface area contributed by atoms with Crippen LogP contribution in [-0.2, 0) is 25.9 Å². The Balaban J connectivity index is 1.27. The molecule has 5 rings (SSSR count). The van der Waals surface area contributed by atoms with Crippen molar-refractivity contribution in [3.63, 3.8) is 0 Å². The van der Waals surface area contributed by atoms with Crippen LogP contribution in [0.5, 0.6) is 0 Å². The molecule has 0 radical (unpaired) electrons. The molecule has 1 aromatic carbocycles. The predicted octanol–water partition coefficient (Wildman–Crippen LogP) is 4.26. The average Bonchev–Trinajstić information content (AvgIpc) is 3.44. The van der Waals surface area contributed by atoms with Gasteiger partial charge in [-0.3, -0.25) is 14.7 Å². The number of H-pyrrole nitrogens is 1. The molecule has 1 aliphatic carbocycles. The number of benzene rings is 1. The smallest absolute Gasteiger partial charge is 0.255 e. The van der Waals surface area contributed by atoms with Crippen LogP contribution in [0.2, 0.25) is 0 Å². The lowest BCUT2D eigenvalue weighted by Crippen LogP contribution is -2.33. The number of pyridine rings is 1. The van der Waals surface area contributed by atoms with Crippen LogP contribution in [0.4, 0.5) is 0 Å². The summed E-state index contributed by atoms with van der Waals surface area (Å²) in [7, 11) is 0. The maximum absolute atomic E-state index is 12.7. The Kier molecular flexibility index (Phi) is 7.65. The quantitative estimate of drug-likeness (QED) is 0.360. The molecule has 0 saturated heterocycles. The van der Waals surface area contributed by atoms with Crippen LogP contribution >= 0.6 is 0 Å². The van der Waals surface area contributed by atoms with Crippen molar-refractivity contribution in [2.75, 3.05) is 6.54 Å². The van der Waals surface area contributed by atoms with E-state index >= 15 is 0 Å². The second kappa shape index (κ2) is 11.4. The highest BCUT2D eigenvalue weighted by atomic mass is 16.1. The van der Waals surface area contributed by atoms with E-state index in [-0.39, 0.29) is 5.91 Å². The Hall–Kier alpha value is -3.91. The van der Waals surface area contributed by atoms with E-state index in [0.29, 0.717) is 29.5 Å². The number of nitrogens with one attached hydrogen (secondary N) is 2. The van der Waals surface area contributed by atoms with Crippen LogP contribution in [0, 0.1) is 13.8 Å². The maximum atomic E-state index is 12.7. The monoisotopic (exact) mass is 495 g/mol. The van der Waals surface area contributed by atoms with Gasteiger partial charge < -0.3 is 10.3 Å². The maximum Gasteiger partial charge on any atom is 0.255 e. The van der Waals surface area contributed by atoms with Gasteiger partial charge in [0.1, 0.15) is 12.2 Å². The molecule has 1 amide bonds. The van der Waals surface area contributed by atoms with Gasteiger partial charge in [0, 0.05) is 44.6 Å². The number of aromatic nitrogens is 5.